The number of thiazole rings is 1. The second-order valence-electron chi connectivity index (χ2n) is 5.67. The Morgan fingerprint density at radius 2 is 2.00 bits per heavy atom. The topological polar surface area (TPSA) is 49.3 Å². The molecule has 0 bridgehead atoms. The summed E-state index contributed by atoms with van der Waals surface area (Å²) >= 11 is 1.70. The Bertz CT molecular complexity index is 667. The van der Waals surface area contributed by atoms with Crippen LogP contribution in [0, 0.1) is 20.8 Å². The highest BCUT2D eigenvalue weighted by Gasteiger charge is 2.02. The minimum absolute atomic E-state index is 0. The zero-order chi connectivity index (χ0) is 16.7. The molecule has 0 saturated carbocycles. The summed E-state index contributed by atoms with van der Waals surface area (Å²) in [5, 5.41) is 7.74. The normalized spacial score (nSPS) is 11.1. The highest BCUT2D eigenvalue weighted by atomic mass is 127. The van der Waals surface area contributed by atoms with Gasteiger partial charge in [0, 0.05) is 24.2 Å². The summed E-state index contributed by atoms with van der Waals surface area (Å²) in [6.45, 7) is 10.8. The maximum atomic E-state index is 4.61. The predicted octanol–water partition coefficient (Wildman–Crippen LogP) is 3.98. The van der Waals surface area contributed by atoms with E-state index in [9.17, 15) is 0 Å². The van der Waals surface area contributed by atoms with Gasteiger partial charge in [-0.05, 0) is 45.2 Å². The van der Waals surface area contributed by atoms with E-state index in [1.165, 1.54) is 21.6 Å². The maximum absolute atomic E-state index is 4.61. The monoisotopic (exact) mass is 458 g/mol. The summed E-state index contributed by atoms with van der Waals surface area (Å²) in [7, 11) is 0. The van der Waals surface area contributed by atoms with Crippen LogP contribution in [0.3, 0.4) is 0 Å². The number of aliphatic imine (C=N–C) groups is 1. The second-order valence-corrected chi connectivity index (χ2v) is 6.99. The summed E-state index contributed by atoms with van der Waals surface area (Å²) in [6.07, 6.45) is 2.89. The van der Waals surface area contributed by atoms with Gasteiger partial charge in [-0.2, -0.15) is 0 Å². The molecule has 0 aliphatic rings. The van der Waals surface area contributed by atoms with Gasteiger partial charge in [0.1, 0.15) is 5.01 Å². The molecule has 0 unspecified atom stereocenters. The van der Waals surface area contributed by atoms with Crippen molar-refractivity contribution >= 4 is 41.3 Å². The van der Waals surface area contributed by atoms with Gasteiger partial charge in [-0.15, -0.1) is 35.3 Å². The number of aryl methyl sites for hydroxylation is 3. The molecule has 0 aliphatic carbocycles. The highest BCUT2D eigenvalue weighted by molar-refractivity contribution is 14.0. The fourth-order valence-electron chi connectivity index (χ4n) is 2.40. The molecule has 2 N–H and O–H groups in total. The van der Waals surface area contributed by atoms with Crippen molar-refractivity contribution in [1.29, 1.82) is 0 Å². The number of hydrogen-bond acceptors (Lipinski definition) is 3. The third-order valence-electron chi connectivity index (χ3n) is 3.57. The van der Waals surface area contributed by atoms with Crippen molar-refractivity contribution < 1.29 is 0 Å². The maximum Gasteiger partial charge on any atom is 0.191 e. The van der Waals surface area contributed by atoms with Crippen molar-refractivity contribution in [2.24, 2.45) is 4.99 Å². The molecule has 1 heterocycles. The van der Waals surface area contributed by atoms with Crippen LogP contribution in [-0.4, -0.2) is 24.0 Å². The molecule has 0 atom stereocenters. The first kappa shape index (κ1) is 20.9. The number of rotatable bonds is 6. The van der Waals surface area contributed by atoms with Crippen molar-refractivity contribution in [3.05, 3.63) is 51.0 Å². The van der Waals surface area contributed by atoms with Crippen molar-refractivity contribution in [3.8, 4) is 0 Å². The highest BCUT2D eigenvalue weighted by Crippen LogP contribution is 2.12. The molecule has 2 aromatic rings. The minimum atomic E-state index is 0. The molecule has 0 spiro atoms. The van der Waals surface area contributed by atoms with Crippen LogP contribution in [0.15, 0.2) is 29.4 Å². The number of hydrogen-bond donors (Lipinski definition) is 2. The summed E-state index contributed by atoms with van der Waals surface area (Å²) in [6, 6.07) is 6.63. The lowest BCUT2D eigenvalue weighted by Gasteiger charge is -2.12. The van der Waals surface area contributed by atoms with Crippen molar-refractivity contribution in [1.82, 2.24) is 15.6 Å². The third-order valence-corrected chi connectivity index (χ3v) is 4.47. The lowest BCUT2D eigenvalue weighted by atomic mass is 10.0. The number of halogens is 1. The van der Waals surface area contributed by atoms with Crippen LogP contribution < -0.4 is 10.6 Å². The standard InChI is InChI=1S/C18H26N4S.HI/c1-5-19-18(22-12-17-21-11-15(4)23-17)20-9-8-16-7-6-13(2)10-14(16)3;/h6-7,10-11H,5,8-9,12H2,1-4H3,(H2,19,20,22);1H. The van der Waals surface area contributed by atoms with Gasteiger partial charge in [-0.3, -0.25) is 0 Å². The predicted molar refractivity (Wildman–Crippen MR) is 115 cm³/mol. The molecule has 24 heavy (non-hydrogen) atoms. The summed E-state index contributed by atoms with van der Waals surface area (Å²) in [4.78, 5) is 10.2. The lowest BCUT2D eigenvalue weighted by Crippen LogP contribution is -2.38. The van der Waals surface area contributed by atoms with E-state index in [0.29, 0.717) is 6.54 Å². The van der Waals surface area contributed by atoms with Crippen LogP contribution in [0.25, 0.3) is 0 Å². The minimum Gasteiger partial charge on any atom is -0.357 e. The molecule has 0 radical (unpaired) electrons. The quantitative estimate of drug-likeness (QED) is 0.391. The van der Waals surface area contributed by atoms with Crippen LogP contribution in [-0.2, 0) is 13.0 Å². The Morgan fingerprint density at radius 1 is 1.21 bits per heavy atom. The largest absolute Gasteiger partial charge is 0.357 e. The zero-order valence-electron chi connectivity index (χ0n) is 14.8. The van der Waals surface area contributed by atoms with Crippen molar-refractivity contribution in [2.75, 3.05) is 13.1 Å². The van der Waals surface area contributed by atoms with Crippen LogP contribution >= 0.6 is 35.3 Å². The molecular weight excluding hydrogens is 431 g/mol. The average molecular weight is 458 g/mol. The molecule has 132 valence electrons. The average Bonchev–Trinajstić information content (AvgIpc) is 2.92. The molecule has 0 saturated heterocycles. The Balaban J connectivity index is 0.00000288. The number of guanidine groups is 1. The van der Waals surface area contributed by atoms with Gasteiger partial charge < -0.3 is 10.6 Å². The van der Waals surface area contributed by atoms with Crippen LogP contribution in [0.1, 0.15) is 33.5 Å². The molecule has 6 heteroatoms. The number of nitrogens with zero attached hydrogens (tertiary/aromatic N) is 2. The Morgan fingerprint density at radius 3 is 2.62 bits per heavy atom. The molecule has 1 aromatic carbocycles. The number of benzene rings is 1. The second kappa shape index (κ2) is 10.7. The molecule has 1 aromatic heterocycles. The van der Waals surface area contributed by atoms with E-state index in [1.807, 2.05) is 6.20 Å². The smallest absolute Gasteiger partial charge is 0.191 e. The van der Waals surface area contributed by atoms with Gasteiger partial charge in [0.2, 0.25) is 0 Å². The molecule has 0 fully saturated rings. The van der Waals surface area contributed by atoms with E-state index in [-0.39, 0.29) is 24.0 Å². The zero-order valence-corrected chi connectivity index (χ0v) is 18.0. The first-order valence-electron chi connectivity index (χ1n) is 8.08. The van der Waals surface area contributed by atoms with E-state index in [1.54, 1.807) is 11.3 Å². The van der Waals surface area contributed by atoms with E-state index < -0.39 is 0 Å². The summed E-state index contributed by atoms with van der Waals surface area (Å²) < 4.78 is 0. The van der Waals surface area contributed by atoms with Gasteiger partial charge in [-0.1, -0.05) is 23.8 Å². The number of nitrogens with one attached hydrogen (secondary N) is 2. The Labute approximate surface area is 166 Å². The van der Waals surface area contributed by atoms with Crippen molar-refractivity contribution in [3.63, 3.8) is 0 Å². The number of aromatic nitrogens is 1. The van der Waals surface area contributed by atoms with E-state index in [0.717, 1.165) is 30.5 Å². The fourth-order valence-corrected chi connectivity index (χ4v) is 3.12. The third kappa shape index (κ3) is 6.76. The first-order valence-corrected chi connectivity index (χ1v) is 8.89. The molecule has 0 amide bonds. The van der Waals surface area contributed by atoms with Crippen LogP contribution in [0.2, 0.25) is 0 Å². The van der Waals surface area contributed by atoms with Gasteiger partial charge >= 0.3 is 0 Å². The van der Waals surface area contributed by atoms with Gasteiger partial charge in [0.25, 0.3) is 0 Å². The van der Waals surface area contributed by atoms with E-state index in [4.69, 9.17) is 0 Å². The van der Waals surface area contributed by atoms with Crippen LogP contribution in [0.5, 0.6) is 0 Å². The molecule has 2 rings (SSSR count). The molecule has 4 nitrogen and oxygen atoms in total. The van der Waals surface area contributed by atoms with Crippen LogP contribution in [0.4, 0.5) is 0 Å². The van der Waals surface area contributed by atoms with E-state index in [2.05, 4.69) is 66.5 Å². The lowest BCUT2D eigenvalue weighted by molar-refractivity contribution is 0.796. The SMILES string of the molecule is CCNC(=NCc1ncc(C)s1)NCCc1ccc(C)cc1C.I. The Hall–Kier alpha value is -1.15. The first-order chi connectivity index (χ1) is 11.1. The summed E-state index contributed by atoms with van der Waals surface area (Å²) in [5.41, 5.74) is 4.05. The summed E-state index contributed by atoms with van der Waals surface area (Å²) in [5.74, 6) is 0.852. The van der Waals surface area contributed by atoms with Gasteiger partial charge in [-0.25, -0.2) is 9.98 Å². The van der Waals surface area contributed by atoms with Crippen molar-refractivity contribution in [2.45, 2.75) is 40.7 Å². The molecular formula is C18H27IN4S. The van der Waals surface area contributed by atoms with Gasteiger partial charge in [0.15, 0.2) is 5.96 Å². The Kier molecular flexibility index (Phi) is 9.28. The fraction of sp³-hybridized carbons (Fsp3) is 0.444. The van der Waals surface area contributed by atoms with E-state index >= 15 is 0 Å². The van der Waals surface area contributed by atoms with Gasteiger partial charge in [0.05, 0.1) is 6.54 Å². The molecule has 0 aliphatic heterocycles.